The number of hydrogen-bond donors (Lipinski definition) is 2. The fourth-order valence-corrected chi connectivity index (χ4v) is 0.945. The fraction of sp³-hybridized carbons (Fsp3) is 0. The molecule has 1 aromatic rings. The lowest BCUT2D eigenvalue weighted by Crippen LogP contribution is -1.98. The standard InChI is InChI=1S/C7H4ClFO3/c8-5-3(7(11)12)1-2-4(10)6(5)9/h1-2,10H,(H,11,12). The minimum atomic E-state index is -1.33. The molecule has 0 atom stereocenters. The Kier molecular flexibility index (Phi) is 2.19. The summed E-state index contributed by atoms with van der Waals surface area (Å²) in [6, 6.07) is 1.97. The Labute approximate surface area is 72.0 Å². The van der Waals surface area contributed by atoms with E-state index in [-0.39, 0.29) is 5.56 Å². The summed E-state index contributed by atoms with van der Waals surface area (Å²) in [7, 11) is 0. The highest BCUT2D eigenvalue weighted by Crippen LogP contribution is 2.26. The van der Waals surface area contributed by atoms with Gasteiger partial charge in [-0.15, -0.1) is 0 Å². The molecule has 0 aliphatic heterocycles. The molecule has 0 spiro atoms. The molecule has 0 fully saturated rings. The molecule has 0 radical (unpaired) electrons. The van der Waals surface area contributed by atoms with Gasteiger partial charge in [-0.3, -0.25) is 0 Å². The van der Waals surface area contributed by atoms with Gasteiger partial charge >= 0.3 is 5.97 Å². The molecule has 12 heavy (non-hydrogen) atoms. The average molecular weight is 191 g/mol. The molecular weight excluding hydrogens is 187 g/mol. The number of hydrogen-bond acceptors (Lipinski definition) is 2. The molecule has 0 heterocycles. The fourth-order valence-electron chi connectivity index (χ4n) is 0.704. The van der Waals surface area contributed by atoms with E-state index in [1.54, 1.807) is 0 Å². The van der Waals surface area contributed by atoms with Crippen LogP contribution in [0.15, 0.2) is 12.1 Å². The van der Waals surface area contributed by atoms with Gasteiger partial charge in [0.15, 0.2) is 11.6 Å². The van der Waals surface area contributed by atoms with Crippen LogP contribution >= 0.6 is 11.6 Å². The molecule has 3 nitrogen and oxygen atoms in total. The Morgan fingerprint density at radius 2 is 2.08 bits per heavy atom. The van der Waals surface area contributed by atoms with Crippen molar-refractivity contribution in [1.29, 1.82) is 0 Å². The highest BCUT2D eigenvalue weighted by atomic mass is 35.5. The van der Waals surface area contributed by atoms with Gasteiger partial charge in [0.2, 0.25) is 0 Å². The van der Waals surface area contributed by atoms with Crippen LogP contribution in [0.25, 0.3) is 0 Å². The third kappa shape index (κ3) is 1.33. The van der Waals surface area contributed by atoms with E-state index in [0.29, 0.717) is 0 Å². The summed E-state index contributed by atoms with van der Waals surface area (Å²) >= 11 is 5.28. The maximum atomic E-state index is 12.7. The number of halogens is 2. The first-order valence-electron chi connectivity index (χ1n) is 2.94. The van der Waals surface area contributed by atoms with Gasteiger partial charge in [-0.25, -0.2) is 9.18 Å². The van der Waals surface area contributed by atoms with Gasteiger partial charge in [-0.1, -0.05) is 11.6 Å². The highest BCUT2D eigenvalue weighted by Gasteiger charge is 2.15. The largest absolute Gasteiger partial charge is 0.505 e. The number of carbonyl (C=O) groups is 1. The van der Waals surface area contributed by atoms with Gasteiger partial charge in [0.05, 0.1) is 10.6 Å². The van der Waals surface area contributed by atoms with Crippen LogP contribution in [0.5, 0.6) is 5.75 Å². The van der Waals surface area contributed by atoms with Crippen LogP contribution in [-0.2, 0) is 0 Å². The Hall–Kier alpha value is -1.29. The maximum absolute atomic E-state index is 12.7. The Morgan fingerprint density at radius 3 is 2.58 bits per heavy atom. The van der Waals surface area contributed by atoms with Gasteiger partial charge in [0.1, 0.15) is 0 Å². The second-order valence-corrected chi connectivity index (χ2v) is 2.44. The molecule has 0 saturated heterocycles. The Balaban J connectivity index is 3.36. The number of carboxylic acids is 1. The maximum Gasteiger partial charge on any atom is 0.337 e. The van der Waals surface area contributed by atoms with Crippen LogP contribution in [0.1, 0.15) is 10.4 Å². The van der Waals surface area contributed by atoms with E-state index in [1.165, 1.54) is 0 Å². The van der Waals surface area contributed by atoms with Crippen LogP contribution in [0, 0.1) is 5.82 Å². The van der Waals surface area contributed by atoms with Gasteiger partial charge < -0.3 is 10.2 Å². The summed E-state index contributed by atoms with van der Waals surface area (Å²) in [6.45, 7) is 0. The predicted molar refractivity (Wildman–Crippen MR) is 40.0 cm³/mol. The van der Waals surface area contributed by atoms with E-state index in [0.717, 1.165) is 12.1 Å². The third-order valence-electron chi connectivity index (χ3n) is 1.29. The molecule has 0 unspecified atom stereocenters. The summed E-state index contributed by atoms with van der Waals surface area (Å²) in [5.41, 5.74) is -0.369. The molecule has 0 amide bonds. The first-order chi connectivity index (χ1) is 5.54. The molecule has 0 aromatic heterocycles. The third-order valence-corrected chi connectivity index (χ3v) is 1.66. The average Bonchev–Trinajstić information content (AvgIpc) is 2.00. The predicted octanol–water partition coefficient (Wildman–Crippen LogP) is 1.88. The van der Waals surface area contributed by atoms with E-state index in [2.05, 4.69) is 0 Å². The summed E-state index contributed by atoms with van der Waals surface area (Å²) in [5, 5.41) is 16.6. The lowest BCUT2D eigenvalue weighted by molar-refractivity contribution is 0.0696. The van der Waals surface area contributed by atoms with Gasteiger partial charge in [-0.2, -0.15) is 0 Å². The van der Waals surface area contributed by atoms with E-state index in [4.69, 9.17) is 21.8 Å². The van der Waals surface area contributed by atoms with Crippen molar-refractivity contribution in [1.82, 2.24) is 0 Å². The number of phenolic OH excluding ortho intramolecular Hbond substituents is 1. The van der Waals surface area contributed by atoms with Gasteiger partial charge in [-0.05, 0) is 12.1 Å². The number of benzene rings is 1. The normalized spacial score (nSPS) is 9.83. The minimum absolute atomic E-state index is 0.369. The first-order valence-corrected chi connectivity index (χ1v) is 3.32. The zero-order valence-corrected chi connectivity index (χ0v) is 6.47. The van der Waals surface area contributed by atoms with E-state index < -0.39 is 22.6 Å². The summed E-state index contributed by atoms with van der Waals surface area (Å²) < 4.78 is 12.7. The topological polar surface area (TPSA) is 57.5 Å². The Bertz CT molecular complexity index is 338. The van der Waals surface area contributed by atoms with E-state index >= 15 is 0 Å². The van der Waals surface area contributed by atoms with Crippen LogP contribution in [0.4, 0.5) is 4.39 Å². The number of carboxylic acid groups (broad SMARTS) is 1. The zero-order chi connectivity index (χ0) is 9.30. The lowest BCUT2D eigenvalue weighted by Gasteiger charge is -2.00. The van der Waals surface area contributed by atoms with Crippen LogP contribution in [0.2, 0.25) is 5.02 Å². The molecule has 0 saturated carbocycles. The van der Waals surface area contributed by atoms with E-state index in [9.17, 15) is 9.18 Å². The molecule has 5 heteroatoms. The van der Waals surface area contributed by atoms with Crippen molar-refractivity contribution in [2.75, 3.05) is 0 Å². The van der Waals surface area contributed by atoms with Crippen molar-refractivity contribution in [3.63, 3.8) is 0 Å². The van der Waals surface area contributed by atoms with Crippen LogP contribution in [-0.4, -0.2) is 16.2 Å². The molecule has 0 aliphatic carbocycles. The molecular formula is C7H4ClFO3. The minimum Gasteiger partial charge on any atom is -0.505 e. The van der Waals surface area contributed by atoms with Gasteiger partial charge in [0.25, 0.3) is 0 Å². The quantitative estimate of drug-likeness (QED) is 0.711. The Morgan fingerprint density at radius 1 is 1.50 bits per heavy atom. The van der Waals surface area contributed by atoms with Crippen LogP contribution in [0.3, 0.4) is 0 Å². The number of aromatic carboxylic acids is 1. The molecule has 64 valence electrons. The van der Waals surface area contributed by atoms with Crippen molar-refractivity contribution in [3.8, 4) is 5.75 Å². The molecule has 1 rings (SSSR count). The lowest BCUT2D eigenvalue weighted by atomic mass is 10.2. The van der Waals surface area contributed by atoms with Crippen molar-refractivity contribution in [3.05, 3.63) is 28.5 Å². The molecule has 0 bridgehead atoms. The molecule has 1 aromatic carbocycles. The zero-order valence-electron chi connectivity index (χ0n) is 5.71. The number of aromatic hydroxyl groups is 1. The van der Waals surface area contributed by atoms with Crippen LogP contribution < -0.4 is 0 Å². The van der Waals surface area contributed by atoms with E-state index in [1.807, 2.05) is 0 Å². The van der Waals surface area contributed by atoms with Crippen molar-refractivity contribution in [2.45, 2.75) is 0 Å². The first kappa shape index (κ1) is 8.80. The van der Waals surface area contributed by atoms with Crippen molar-refractivity contribution in [2.24, 2.45) is 0 Å². The number of phenols is 1. The SMILES string of the molecule is O=C(O)c1ccc(O)c(F)c1Cl. The van der Waals surface area contributed by atoms with Gasteiger partial charge in [0, 0.05) is 0 Å². The molecule has 0 aliphatic rings. The number of rotatable bonds is 1. The molecule has 2 N–H and O–H groups in total. The van der Waals surface area contributed by atoms with Crippen molar-refractivity contribution >= 4 is 17.6 Å². The second kappa shape index (κ2) is 2.98. The smallest absolute Gasteiger partial charge is 0.337 e. The monoisotopic (exact) mass is 190 g/mol. The highest BCUT2D eigenvalue weighted by molar-refractivity contribution is 6.33. The summed E-state index contributed by atoms with van der Waals surface area (Å²) in [5.74, 6) is -3.11. The summed E-state index contributed by atoms with van der Waals surface area (Å²) in [4.78, 5) is 10.4. The summed E-state index contributed by atoms with van der Waals surface area (Å²) in [6.07, 6.45) is 0. The second-order valence-electron chi connectivity index (χ2n) is 2.07. The van der Waals surface area contributed by atoms with Crippen molar-refractivity contribution < 1.29 is 19.4 Å².